The Bertz CT molecular complexity index is 330. The Labute approximate surface area is 113 Å². The number of halogens is 1. The molecule has 0 fully saturated rings. The molecule has 1 rings (SSSR count). The molecular formula is C13H22BrN3. The van der Waals surface area contributed by atoms with Gasteiger partial charge in [0.25, 0.3) is 0 Å². The molecule has 1 aromatic heterocycles. The van der Waals surface area contributed by atoms with Gasteiger partial charge in [-0.05, 0) is 47.6 Å². The van der Waals surface area contributed by atoms with Crippen molar-refractivity contribution in [1.82, 2.24) is 9.88 Å². The molecule has 1 heterocycles. The lowest BCUT2D eigenvalue weighted by atomic mass is 10.1. The van der Waals surface area contributed by atoms with Crippen molar-refractivity contribution in [2.75, 3.05) is 20.1 Å². The molecule has 4 heteroatoms. The van der Waals surface area contributed by atoms with Crippen molar-refractivity contribution < 1.29 is 0 Å². The summed E-state index contributed by atoms with van der Waals surface area (Å²) in [6.45, 7) is 3.93. The molecule has 2 N–H and O–H groups in total. The lowest BCUT2D eigenvalue weighted by Crippen LogP contribution is -2.31. The maximum atomic E-state index is 5.88. The van der Waals surface area contributed by atoms with E-state index in [1.807, 2.05) is 6.20 Å². The molecule has 0 aromatic carbocycles. The maximum Gasteiger partial charge on any atom is 0.0483 e. The fourth-order valence-corrected chi connectivity index (χ4v) is 2.33. The van der Waals surface area contributed by atoms with Gasteiger partial charge >= 0.3 is 0 Å². The molecule has 17 heavy (non-hydrogen) atoms. The molecular weight excluding hydrogens is 278 g/mol. The molecule has 1 unspecified atom stereocenters. The van der Waals surface area contributed by atoms with Gasteiger partial charge in [0.1, 0.15) is 0 Å². The van der Waals surface area contributed by atoms with E-state index in [0.717, 1.165) is 11.0 Å². The van der Waals surface area contributed by atoms with Crippen LogP contribution in [-0.4, -0.2) is 30.0 Å². The van der Waals surface area contributed by atoms with E-state index < -0.39 is 0 Å². The molecule has 0 saturated heterocycles. The molecule has 0 spiro atoms. The molecule has 1 aromatic rings. The number of pyridine rings is 1. The molecule has 1 atom stereocenters. The number of aromatic nitrogens is 1. The van der Waals surface area contributed by atoms with Crippen molar-refractivity contribution in [2.24, 2.45) is 5.73 Å². The normalized spacial score (nSPS) is 13.0. The molecule has 3 nitrogen and oxygen atoms in total. The Morgan fingerprint density at radius 2 is 2.18 bits per heavy atom. The highest BCUT2D eigenvalue weighted by atomic mass is 79.9. The zero-order valence-electron chi connectivity index (χ0n) is 10.7. The van der Waals surface area contributed by atoms with E-state index in [4.69, 9.17) is 5.73 Å². The molecule has 0 aliphatic heterocycles. The summed E-state index contributed by atoms with van der Waals surface area (Å²) in [5.41, 5.74) is 7.06. The summed E-state index contributed by atoms with van der Waals surface area (Å²) in [7, 11) is 2.13. The van der Waals surface area contributed by atoms with Gasteiger partial charge in [0, 0.05) is 29.5 Å². The summed E-state index contributed by atoms with van der Waals surface area (Å²) in [4.78, 5) is 6.52. The minimum Gasteiger partial charge on any atom is -0.329 e. The van der Waals surface area contributed by atoms with Crippen molar-refractivity contribution in [3.8, 4) is 0 Å². The van der Waals surface area contributed by atoms with Gasteiger partial charge in [0.05, 0.1) is 0 Å². The van der Waals surface area contributed by atoms with Gasteiger partial charge in [-0.15, -0.1) is 0 Å². The van der Waals surface area contributed by atoms with Crippen molar-refractivity contribution in [1.29, 1.82) is 0 Å². The lowest BCUT2D eigenvalue weighted by molar-refractivity contribution is 0.244. The van der Waals surface area contributed by atoms with E-state index in [0.29, 0.717) is 6.54 Å². The first kappa shape index (κ1) is 14.6. The number of rotatable bonds is 7. The van der Waals surface area contributed by atoms with E-state index in [-0.39, 0.29) is 6.04 Å². The second kappa shape index (κ2) is 7.80. The second-order valence-electron chi connectivity index (χ2n) is 4.38. The predicted molar refractivity (Wildman–Crippen MR) is 75.9 cm³/mol. The molecule has 0 saturated carbocycles. The van der Waals surface area contributed by atoms with Gasteiger partial charge in [-0.2, -0.15) is 0 Å². The predicted octanol–water partition coefficient (Wildman–Crippen LogP) is 2.97. The third-order valence-electron chi connectivity index (χ3n) is 2.98. The van der Waals surface area contributed by atoms with Gasteiger partial charge in [0.2, 0.25) is 0 Å². The number of nitrogens with two attached hydrogens (primary N) is 1. The second-order valence-corrected chi connectivity index (χ2v) is 5.29. The summed E-state index contributed by atoms with van der Waals surface area (Å²) in [6, 6.07) is 2.36. The van der Waals surface area contributed by atoms with Crippen LogP contribution in [0.3, 0.4) is 0 Å². The Kier molecular flexibility index (Phi) is 6.70. The lowest BCUT2D eigenvalue weighted by Gasteiger charge is -2.27. The zero-order chi connectivity index (χ0) is 12.7. The number of unbranched alkanes of at least 4 members (excludes halogenated alkanes) is 2. The summed E-state index contributed by atoms with van der Waals surface area (Å²) >= 11 is 3.45. The number of nitrogens with zero attached hydrogens (tertiary/aromatic N) is 2. The number of hydrogen-bond donors (Lipinski definition) is 1. The van der Waals surface area contributed by atoms with Crippen LogP contribution in [0.15, 0.2) is 22.9 Å². The topological polar surface area (TPSA) is 42.1 Å². The average Bonchev–Trinajstić information content (AvgIpc) is 2.30. The first-order chi connectivity index (χ1) is 8.19. The molecule has 0 amide bonds. The third-order valence-corrected chi connectivity index (χ3v) is 3.41. The molecule has 96 valence electrons. The maximum absolute atomic E-state index is 5.88. The highest BCUT2D eigenvalue weighted by Gasteiger charge is 2.15. The minimum atomic E-state index is 0.261. The van der Waals surface area contributed by atoms with Crippen molar-refractivity contribution in [3.63, 3.8) is 0 Å². The van der Waals surface area contributed by atoms with E-state index in [1.54, 1.807) is 6.20 Å². The number of hydrogen-bond acceptors (Lipinski definition) is 3. The van der Waals surface area contributed by atoms with Crippen LogP contribution in [0.1, 0.15) is 37.8 Å². The first-order valence-electron chi connectivity index (χ1n) is 6.19. The summed E-state index contributed by atoms with van der Waals surface area (Å²) in [6.07, 6.45) is 7.45. The van der Waals surface area contributed by atoms with Gasteiger partial charge in [-0.25, -0.2) is 0 Å². The molecule has 0 radical (unpaired) electrons. The van der Waals surface area contributed by atoms with Gasteiger partial charge in [-0.1, -0.05) is 19.8 Å². The molecule has 0 aliphatic rings. The summed E-state index contributed by atoms with van der Waals surface area (Å²) < 4.78 is 1.01. The van der Waals surface area contributed by atoms with Crippen molar-refractivity contribution in [2.45, 2.75) is 32.2 Å². The number of likely N-dealkylation sites (N-methyl/N-ethyl adjacent to an activating group) is 1. The Balaban J connectivity index is 2.63. The van der Waals surface area contributed by atoms with E-state index >= 15 is 0 Å². The highest BCUT2D eigenvalue weighted by Crippen LogP contribution is 2.21. The van der Waals surface area contributed by atoms with Crippen LogP contribution in [0.2, 0.25) is 0 Å². The summed E-state index contributed by atoms with van der Waals surface area (Å²) in [5, 5.41) is 0. The minimum absolute atomic E-state index is 0.261. The van der Waals surface area contributed by atoms with Crippen LogP contribution < -0.4 is 5.73 Å². The van der Waals surface area contributed by atoms with Crippen LogP contribution in [0.4, 0.5) is 0 Å². The highest BCUT2D eigenvalue weighted by molar-refractivity contribution is 9.10. The zero-order valence-corrected chi connectivity index (χ0v) is 12.3. The van der Waals surface area contributed by atoms with E-state index in [9.17, 15) is 0 Å². The van der Waals surface area contributed by atoms with Crippen LogP contribution in [0, 0.1) is 0 Å². The SMILES string of the molecule is CCCCCN(C)C(CN)c1cncc(Br)c1. The smallest absolute Gasteiger partial charge is 0.0483 e. The van der Waals surface area contributed by atoms with Crippen LogP contribution in [-0.2, 0) is 0 Å². The first-order valence-corrected chi connectivity index (χ1v) is 6.99. The van der Waals surface area contributed by atoms with Crippen LogP contribution in [0.25, 0.3) is 0 Å². The Morgan fingerprint density at radius 3 is 2.76 bits per heavy atom. The van der Waals surface area contributed by atoms with Gasteiger partial charge in [-0.3, -0.25) is 9.88 Å². The third kappa shape index (κ3) is 4.74. The van der Waals surface area contributed by atoms with Gasteiger partial charge < -0.3 is 5.73 Å². The van der Waals surface area contributed by atoms with E-state index in [2.05, 4.69) is 45.9 Å². The molecule has 0 bridgehead atoms. The monoisotopic (exact) mass is 299 g/mol. The van der Waals surface area contributed by atoms with E-state index in [1.165, 1.54) is 24.8 Å². The Hall–Kier alpha value is -0.450. The average molecular weight is 300 g/mol. The van der Waals surface area contributed by atoms with Crippen molar-refractivity contribution in [3.05, 3.63) is 28.5 Å². The molecule has 0 aliphatic carbocycles. The summed E-state index contributed by atoms with van der Waals surface area (Å²) in [5.74, 6) is 0. The fourth-order valence-electron chi connectivity index (χ4n) is 1.95. The Morgan fingerprint density at radius 1 is 1.41 bits per heavy atom. The van der Waals surface area contributed by atoms with Crippen LogP contribution in [0.5, 0.6) is 0 Å². The van der Waals surface area contributed by atoms with Crippen LogP contribution >= 0.6 is 15.9 Å². The largest absolute Gasteiger partial charge is 0.329 e. The standard InChI is InChI=1S/C13H22BrN3/c1-3-4-5-6-17(2)13(8-15)11-7-12(14)10-16-9-11/h7,9-10,13H,3-6,8,15H2,1-2H3. The van der Waals surface area contributed by atoms with Crippen molar-refractivity contribution >= 4 is 15.9 Å². The quantitative estimate of drug-likeness (QED) is 0.787. The van der Waals surface area contributed by atoms with Gasteiger partial charge in [0.15, 0.2) is 0 Å². The fraction of sp³-hybridized carbons (Fsp3) is 0.615.